The molecule has 25 heavy (non-hydrogen) atoms. The molecule has 4 nitrogen and oxygen atoms in total. The number of para-hydroxylation sites is 1. The zero-order chi connectivity index (χ0) is 17.8. The maximum Gasteiger partial charge on any atom is 0.234 e. The zero-order valence-electron chi connectivity index (χ0n) is 14.6. The number of fused-ring (bicyclic) bond motifs is 1. The summed E-state index contributed by atoms with van der Waals surface area (Å²) in [6.07, 6.45) is 0. The van der Waals surface area contributed by atoms with Crippen LogP contribution in [0.1, 0.15) is 19.4 Å². The summed E-state index contributed by atoms with van der Waals surface area (Å²) in [5.41, 5.74) is 9.79. The number of anilines is 3. The lowest BCUT2D eigenvalue weighted by Gasteiger charge is -2.21. The Hall–Kier alpha value is -2.53. The van der Waals surface area contributed by atoms with E-state index < -0.39 is 0 Å². The Morgan fingerprint density at radius 2 is 1.84 bits per heavy atom. The molecule has 3 aromatic rings. The fraction of sp³-hybridized carbons (Fsp3) is 0.250. The summed E-state index contributed by atoms with van der Waals surface area (Å²) in [5, 5.41) is 4.44. The average molecular weight is 353 g/mol. The number of benzene rings is 2. The number of nitrogens with two attached hydrogens (primary N) is 1. The van der Waals surface area contributed by atoms with Crippen molar-refractivity contribution in [2.75, 3.05) is 29.0 Å². The van der Waals surface area contributed by atoms with Gasteiger partial charge in [-0.2, -0.15) is 0 Å². The summed E-state index contributed by atoms with van der Waals surface area (Å²) in [7, 11) is 0. The number of hydrogen-bond donors (Lipinski definition) is 2. The van der Waals surface area contributed by atoms with Crippen molar-refractivity contribution in [1.29, 1.82) is 0 Å². The molecule has 0 spiro atoms. The van der Waals surface area contributed by atoms with Crippen molar-refractivity contribution >= 4 is 38.5 Å². The Balaban J connectivity index is 1.95. The fourth-order valence-corrected chi connectivity index (χ4v) is 3.83. The van der Waals surface area contributed by atoms with E-state index in [1.807, 2.05) is 24.3 Å². The van der Waals surface area contributed by atoms with Crippen LogP contribution >= 0.6 is 11.3 Å². The smallest absolute Gasteiger partial charge is 0.234 e. The van der Waals surface area contributed by atoms with E-state index in [1.165, 1.54) is 11.3 Å². The molecule has 3 N–H and O–H groups in total. The van der Waals surface area contributed by atoms with Gasteiger partial charge in [-0.3, -0.25) is 4.79 Å². The quantitative estimate of drug-likeness (QED) is 0.649. The lowest BCUT2D eigenvalue weighted by atomic mass is 10.1. The predicted molar refractivity (Wildman–Crippen MR) is 110 cm³/mol. The van der Waals surface area contributed by atoms with E-state index in [4.69, 9.17) is 5.73 Å². The fourth-order valence-electron chi connectivity index (χ4n) is 2.97. The van der Waals surface area contributed by atoms with Gasteiger partial charge in [-0.05, 0) is 43.7 Å². The van der Waals surface area contributed by atoms with Gasteiger partial charge >= 0.3 is 0 Å². The number of hydrogen-bond acceptors (Lipinski definition) is 5. The number of nitrogen functional groups attached to an aromatic ring is 1. The highest BCUT2D eigenvalue weighted by Gasteiger charge is 2.08. The van der Waals surface area contributed by atoms with Gasteiger partial charge in [0.15, 0.2) is 0 Å². The van der Waals surface area contributed by atoms with Gasteiger partial charge in [-0.15, -0.1) is 0 Å². The van der Waals surface area contributed by atoms with Crippen LogP contribution in [-0.4, -0.2) is 13.1 Å². The molecule has 0 aliphatic heterocycles. The van der Waals surface area contributed by atoms with Crippen LogP contribution in [-0.2, 0) is 6.54 Å². The van der Waals surface area contributed by atoms with E-state index in [1.54, 1.807) is 6.07 Å². The van der Waals surface area contributed by atoms with Crippen molar-refractivity contribution in [2.24, 2.45) is 0 Å². The van der Waals surface area contributed by atoms with Gasteiger partial charge in [0.25, 0.3) is 0 Å². The summed E-state index contributed by atoms with van der Waals surface area (Å²) >= 11 is 1.29. The third kappa shape index (κ3) is 3.77. The molecule has 1 heterocycles. The molecule has 0 bridgehead atoms. The van der Waals surface area contributed by atoms with Crippen molar-refractivity contribution in [2.45, 2.75) is 20.4 Å². The lowest BCUT2D eigenvalue weighted by Crippen LogP contribution is -2.21. The molecule has 0 saturated carbocycles. The SMILES string of the molecule is CCN(CC)c1ccc2c(NCc3ccccc3N)cc(=O)sc2c1. The maximum atomic E-state index is 12.1. The first-order valence-electron chi connectivity index (χ1n) is 8.52. The van der Waals surface area contributed by atoms with Crippen molar-refractivity contribution in [3.63, 3.8) is 0 Å². The van der Waals surface area contributed by atoms with Crippen LogP contribution in [0.5, 0.6) is 0 Å². The molecule has 130 valence electrons. The topological polar surface area (TPSA) is 58.4 Å². The molecule has 0 unspecified atom stereocenters. The normalized spacial score (nSPS) is 10.8. The van der Waals surface area contributed by atoms with Crippen LogP contribution < -0.4 is 20.7 Å². The molecule has 3 rings (SSSR count). The number of nitrogens with zero attached hydrogens (tertiary/aromatic N) is 1. The van der Waals surface area contributed by atoms with Crippen molar-refractivity contribution < 1.29 is 0 Å². The Morgan fingerprint density at radius 1 is 1.08 bits per heavy atom. The van der Waals surface area contributed by atoms with Gasteiger partial charge in [0.1, 0.15) is 0 Å². The maximum absolute atomic E-state index is 12.1. The van der Waals surface area contributed by atoms with Gasteiger partial charge in [-0.1, -0.05) is 29.5 Å². The first-order valence-corrected chi connectivity index (χ1v) is 9.34. The highest BCUT2D eigenvalue weighted by molar-refractivity contribution is 7.16. The third-order valence-corrected chi connectivity index (χ3v) is 5.26. The molecular formula is C20H23N3OS. The summed E-state index contributed by atoms with van der Waals surface area (Å²) in [6, 6.07) is 15.8. The molecule has 0 fully saturated rings. The minimum Gasteiger partial charge on any atom is -0.398 e. The van der Waals surface area contributed by atoms with Gasteiger partial charge in [0.2, 0.25) is 4.74 Å². The largest absolute Gasteiger partial charge is 0.398 e. The first kappa shape index (κ1) is 17.3. The Morgan fingerprint density at radius 3 is 2.56 bits per heavy atom. The van der Waals surface area contributed by atoms with Gasteiger partial charge in [0.05, 0.1) is 0 Å². The number of nitrogens with one attached hydrogen (secondary N) is 1. The van der Waals surface area contributed by atoms with Crippen LogP contribution in [0.2, 0.25) is 0 Å². The minimum atomic E-state index is 0.0488. The van der Waals surface area contributed by atoms with Crippen molar-refractivity contribution in [3.8, 4) is 0 Å². The second kappa shape index (κ2) is 7.57. The lowest BCUT2D eigenvalue weighted by molar-refractivity contribution is 0.867. The third-order valence-electron chi connectivity index (χ3n) is 4.38. The monoisotopic (exact) mass is 353 g/mol. The molecule has 0 aliphatic carbocycles. The van der Waals surface area contributed by atoms with E-state index in [9.17, 15) is 4.79 Å². The van der Waals surface area contributed by atoms with Crippen LogP contribution in [0, 0.1) is 0 Å². The Bertz CT molecular complexity index is 932. The van der Waals surface area contributed by atoms with Crippen LogP contribution in [0.4, 0.5) is 17.1 Å². The summed E-state index contributed by atoms with van der Waals surface area (Å²) in [4.78, 5) is 14.4. The standard InChI is InChI=1S/C20H23N3OS/c1-3-23(4-2)15-9-10-16-18(12-20(24)25-19(16)11-15)22-13-14-7-5-6-8-17(14)21/h5-12,22H,3-4,13,21H2,1-2H3. The second-order valence-electron chi connectivity index (χ2n) is 5.88. The van der Waals surface area contributed by atoms with Crippen molar-refractivity contribution in [3.05, 3.63) is 63.6 Å². The van der Waals surface area contributed by atoms with E-state index in [-0.39, 0.29) is 4.74 Å². The van der Waals surface area contributed by atoms with Crippen LogP contribution in [0.15, 0.2) is 53.3 Å². The second-order valence-corrected chi connectivity index (χ2v) is 6.93. The average Bonchev–Trinajstić information content (AvgIpc) is 2.61. The summed E-state index contributed by atoms with van der Waals surface area (Å²) in [6.45, 7) is 6.76. The van der Waals surface area contributed by atoms with Gasteiger partial charge in [0, 0.05) is 52.8 Å². The predicted octanol–water partition coefficient (Wildman–Crippen LogP) is 4.30. The molecule has 0 aliphatic rings. The molecule has 5 heteroatoms. The molecule has 0 radical (unpaired) electrons. The van der Waals surface area contributed by atoms with Crippen LogP contribution in [0.3, 0.4) is 0 Å². The first-order chi connectivity index (χ1) is 12.1. The summed E-state index contributed by atoms with van der Waals surface area (Å²) in [5.74, 6) is 0. The van der Waals surface area contributed by atoms with E-state index in [0.717, 1.165) is 45.8 Å². The van der Waals surface area contributed by atoms with Crippen LogP contribution in [0.25, 0.3) is 10.1 Å². The molecule has 1 aromatic heterocycles. The van der Waals surface area contributed by atoms with Gasteiger partial charge < -0.3 is 16.0 Å². The Labute approximate surface area is 151 Å². The molecule has 2 aromatic carbocycles. The zero-order valence-corrected chi connectivity index (χ0v) is 15.4. The minimum absolute atomic E-state index is 0.0488. The highest BCUT2D eigenvalue weighted by atomic mass is 32.1. The van der Waals surface area contributed by atoms with E-state index in [2.05, 4.69) is 42.3 Å². The van der Waals surface area contributed by atoms with E-state index >= 15 is 0 Å². The highest BCUT2D eigenvalue weighted by Crippen LogP contribution is 2.29. The molecule has 0 amide bonds. The molecular weight excluding hydrogens is 330 g/mol. The molecule has 0 atom stereocenters. The van der Waals surface area contributed by atoms with E-state index in [0.29, 0.717) is 6.54 Å². The summed E-state index contributed by atoms with van der Waals surface area (Å²) < 4.78 is 1.05. The molecule has 0 saturated heterocycles. The van der Waals surface area contributed by atoms with Gasteiger partial charge in [-0.25, -0.2) is 0 Å². The number of rotatable bonds is 6. The Kier molecular flexibility index (Phi) is 5.24. The van der Waals surface area contributed by atoms with Crippen molar-refractivity contribution in [1.82, 2.24) is 0 Å².